The second kappa shape index (κ2) is 3.68. The summed E-state index contributed by atoms with van der Waals surface area (Å²) in [6.07, 6.45) is -0.134. The standard InChI is InChI=1S/C10H13FO/c1-3-10(12)8-6-7(2)4-5-9(8)11/h4-6,10,12H,3H2,1-2H3. The number of rotatable bonds is 2. The summed E-state index contributed by atoms with van der Waals surface area (Å²) < 4.78 is 13.0. The number of aliphatic hydroxyl groups is 1. The third kappa shape index (κ3) is 1.83. The zero-order chi connectivity index (χ0) is 9.14. The van der Waals surface area contributed by atoms with Crippen LogP contribution in [-0.2, 0) is 0 Å². The molecule has 2 heteroatoms. The summed E-state index contributed by atoms with van der Waals surface area (Å²) >= 11 is 0. The molecule has 1 atom stereocenters. The smallest absolute Gasteiger partial charge is 0.129 e. The molecule has 0 radical (unpaired) electrons. The summed E-state index contributed by atoms with van der Waals surface area (Å²) in [7, 11) is 0. The molecule has 0 fully saturated rings. The first kappa shape index (κ1) is 9.20. The molecule has 0 aromatic heterocycles. The summed E-state index contributed by atoms with van der Waals surface area (Å²) in [5.74, 6) is -0.324. The van der Waals surface area contributed by atoms with Crippen molar-refractivity contribution in [3.05, 3.63) is 35.1 Å². The molecule has 0 spiro atoms. The molecule has 0 aliphatic rings. The average Bonchev–Trinajstić information content (AvgIpc) is 2.08. The largest absolute Gasteiger partial charge is 0.388 e. The molecule has 0 saturated carbocycles. The van der Waals surface area contributed by atoms with Crippen LogP contribution in [0.1, 0.15) is 30.6 Å². The quantitative estimate of drug-likeness (QED) is 0.719. The second-order valence-corrected chi connectivity index (χ2v) is 2.95. The van der Waals surface area contributed by atoms with Crippen molar-refractivity contribution in [2.24, 2.45) is 0 Å². The maximum atomic E-state index is 13.0. The van der Waals surface area contributed by atoms with Crippen LogP contribution in [0.5, 0.6) is 0 Å². The van der Waals surface area contributed by atoms with Crippen LogP contribution in [-0.4, -0.2) is 5.11 Å². The van der Waals surface area contributed by atoms with Crippen molar-refractivity contribution >= 4 is 0 Å². The van der Waals surface area contributed by atoms with Crippen molar-refractivity contribution in [1.82, 2.24) is 0 Å². The first-order valence-corrected chi connectivity index (χ1v) is 4.09. The van der Waals surface area contributed by atoms with Crippen molar-refractivity contribution in [2.75, 3.05) is 0 Å². The maximum Gasteiger partial charge on any atom is 0.129 e. The third-order valence-corrected chi connectivity index (χ3v) is 1.90. The van der Waals surface area contributed by atoms with E-state index in [4.69, 9.17) is 0 Å². The highest BCUT2D eigenvalue weighted by molar-refractivity contribution is 5.25. The van der Waals surface area contributed by atoms with Gasteiger partial charge in [0, 0.05) is 5.56 Å². The average molecular weight is 168 g/mol. The van der Waals surface area contributed by atoms with Gasteiger partial charge in [-0.2, -0.15) is 0 Å². The lowest BCUT2D eigenvalue weighted by atomic mass is 10.0. The lowest BCUT2D eigenvalue weighted by Gasteiger charge is -2.09. The fourth-order valence-electron chi connectivity index (χ4n) is 1.14. The van der Waals surface area contributed by atoms with E-state index in [1.54, 1.807) is 12.1 Å². The van der Waals surface area contributed by atoms with E-state index in [-0.39, 0.29) is 5.82 Å². The third-order valence-electron chi connectivity index (χ3n) is 1.90. The van der Waals surface area contributed by atoms with Crippen LogP contribution in [0.4, 0.5) is 4.39 Å². The predicted octanol–water partition coefficient (Wildman–Crippen LogP) is 2.58. The molecule has 1 unspecified atom stereocenters. The zero-order valence-electron chi connectivity index (χ0n) is 7.34. The normalized spacial score (nSPS) is 13.0. The molecule has 1 N–H and O–H groups in total. The Morgan fingerprint density at radius 2 is 2.17 bits per heavy atom. The van der Waals surface area contributed by atoms with Crippen molar-refractivity contribution in [2.45, 2.75) is 26.4 Å². The minimum atomic E-state index is -0.676. The van der Waals surface area contributed by atoms with Crippen LogP contribution in [0.15, 0.2) is 18.2 Å². The summed E-state index contributed by atoms with van der Waals surface area (Å²) in [4.78, 5) is 0. The second-order valence-electron chi connectivity index (χ2n) is 2.95. The van der Waals surface area contributed by atoms with Gasteiger partial charge < -0.3 is 5.11 Å². The van der Waals surface area contributed by atoms with E-state index in [2.05, 4.69) is 0 Å². The Balaban J connectivity index is 3.04. The van der Waals surface area contributed by atoms with Crippen LogP contribution in [0.3, 0.4) is 0 Å². The lowest BCUT2D eigenvalue weighted by molar-refractivity contribution is 0.169. The van der Waals surface area contributed by atoms with E-state index in [0.29, 0.717) is 12.0 Å². The predicted molar refractivity (Wildman–Crippen MR) is 46.4 cm³/mol. The van der Waals surface area contributed by atoms with Crippen molar-refractivity contribution < 1.29 is 9.50 Å². The summed E-state index contributed by atoms with van der Waals surface area (Å²) in [5.41, 5.74) is 1.37. The molecule has 1 rings (SSSR count). The van der Waals surface area contributed by atoms with E-state index in [1.165, 1.54) is 6.07 Å². The fourth-order valence-corrected chi connectivity index (χ4v) is 1.14. The number of aryl methyl sites for hydroxylation is 1. The van der Waals surface area contributed by atoms with Crippen molar-refractivity contribution in [3.63, 3.8) is 0 Å². The number of aliphatic hydroxyl groups excluding tert-OH is 1. The molecule has 0 aliphatic carbocycles. The van der Waals surface area contributed by atoms with E-state index >= 15 is 0 Å². The van der Waals surface area contributed by atoms with Crippen LogP contribution < -0.4 is 0 Å². The molecular formula is C10H13FO. The van der Waals surface area contributed by atoms with Gasteiger partial charge in [-0.1, -0.05) is 24.6 Å². The molecule has 66 valence electrons. The Hall–Kier alpha value is -0.890. The van der Waals surface area contributed by atoms with Gasteiger partial charge in [-0.25, -0.2) is 4.39 Å². The first-order chi connectivity index (χ1) is 5.65. The Bertz CT molecular complexity index is 271. The highest BCUT2D eigenvalue weighted by Crippen LogP contribution is 2.20. The van der Waals surface area contributed by atoms with Gasteiger partial charge in [-0.15, -0.1) is 0 Å². The van der Waals surface area contributed by atoms with Crippen LogP contribution in [0.2, 0.25) is 0 Å². The minimum absolute atomic E-state index is 0.324. The van der Waals surface area contributed by atoms with Crippen LogP contribution in [0, 0.1) is 12.7 Å². The molecule has 0 bridgehead atoms. The highest BCUT2D eigenvalue weighted by atomic mass is 19.1. The van der Waals surface area contributed by atoms with Gasteiger partial charge in [0.05, 0.1) is 6.10 Å². The van der Waals surface area contributed by atoms with Gasteiger partial charge in [-0.3, -0.25) is 0 Å². The zero-order valence-corrected chi connectivity index (χ0v) is 7.34. The van der Waals surface area contributed by atoms with Crippen LogP contribution in [0.25, 0.3) is 0 Å². The van der Waals surface area contributed by atoms with Gasteiger partial charge in [0.15, 0.2) is 0 Å². The Morgan fingerprint density at radius 1 is 1.50 bits per heavy atom. The lowest BCUT2D eigenvalue weighted by Crippen LogP contribution is -1.99. The first-order valence-electron chi connectivity index (χ1n) is 4.09. The van der Waals surface area contributed by atoms with Crippen molar-refractivity contribution in [1.29, 1.82) is 0 Å². The molecule has 12 heavy (non-hydrogen) atoms. The molecular weight excluding hydrogens is 155 g/mol. The van der Waals surface area contributed by atoms with Gasteiger partial charge in [0.1, 0.15) is 5.82 Å². The summed E-state index contributed by atoms with van der Waals surface area (Å²) in [6, 6.07) is 4.77. The van der Waals surface area contributed by atoms with Crippen LogP contribution >= 0.6 is 0 Å². The SMILES string of the molecule is CCC(O)c1cc(C)ccc1F. The van der Waals surface area contributed by atoms with E-state index in [1.807, 2.05) is 13.8 Å². The molecule has 0 amide bonds. The van der Waals surface area contributed by atoms with E-state index in [9.17, 15) is 9.50 Å². The number of benzene rings is 1. The molecule has 1 nitrogen and oxygen atoms in total. The summed E-state index contributed by atoms with van der Waals surface area (Å²) in [6.45, 7) is 3.71. The monoisotopic (exact) mass is 168 g/mol. The Morgan fingerprint density at radius 3 is 2.75 bits per heavy atom. The molecule has 0 heterocycles. The van der Waals surface area contributed by atoms with Gasteiger partial charge in [0.2, 0.25) is 0 Å². The molecule has 1 aromatic carbocycles. The minimum Gasteiger partial charge on any atom is -0.388 e. The molecule has 0 saturated heterocycles. The maximum absolute atomic E-state index is 13.0. The van der Waals surface area contributed by atoms with E-state index < -0.39 is 6.10 Å². The molecule has 0 aliphatic heterocycles. The number of hydrogen-bond donors (Lipinski definition) is 1. The number of hydrogen-bond acceptors (Lipinski definition) is 1. The van der Waals surface area contributed by atoms with Crippen molar-refractivity contribution in [3.8, 4) is 0 Å². The molecule has 1 aromatic rings. The van der Waals surface area contributed by atoms with Gasteiger partial charge in [0.25, 0.3) is 0 Å². The van der Waals surface area contributed by atoms with E-state index in [0.717, 1.165) is 5.56 Å². The topological polar surface area (TPSA) is 20.2 Å². The summed E-state index contributed by atoms with van der Waals surface area (Å²) in [5, 5.41) is 9.39. The number of halogens is 1. The Labute approximate surface area is 71.9 Å². The fraction of sp³-hybridized carbons (Fsp3) is 0.400. The Kier molecular flexibility index (Phi) is 2.82. The van der Waals surface area contributed by atoms with Gasteiger partial charge >= 0.3 is 0 Å². The highest BCUT2D eigenvalue weighted by Gasteiger charge is 2.09. The van der Waals surface area contributed by atoms with Gasteiger partial charge in [-0.05, 0) is 19.4 Å².